The second-order valence-corrected chi connectivity index (χ2v) is 4.90. The van der Waals surface area contributed by atoms with E-state index >= 15 is 0 Å². The minimum Gasteiger partial charge on any atom is -0.497 e. The first-order chi connectivity index (χ1) is 9.43. The molecule has 0 atom stereocenters. The molecule has 2 aromatic rings. The molecule has 0 aliphatic rings. The van der Waals surface area contributed by atoms with E-state index in [1.807, 2.05) is 0 Å². The maximum atomic E-state index is 13.9. The third kappa shape index (κ3) is 2.53. The number of carbonyl (C=O) groups is 2. The van der Waals surface area contributed by atoms with Crippen LogP contribution in [0, 0.1) is 5.82 Å². The molecule has 1 heterocycles. The van der Waals surface area contributed by atoms with Crippen molar-refractivity contribution >= 4 is 23.1 Å². The Bertz CT molecular complexity index is 664. The lowest BCUT2D eigenvalue weighted by atomic mass is 10.2. The number of rotatable bonds is 4. The standard InChI is InChI=1S/C13H10FNO4S/c1-6(16)11-10(13(17)18)15-12(20-11)8-4-3-7(19-2)5-9(8)14/h3-5H,1-2H3,(H,17,18). The minimum atomic E-state index is -1.31. The number of halogens is 1. The largest absolute Gasteiger partial charge is 0.497 e. The topological polar surface area (TPSA) is 76.5 Å². The normalized spacial score (nSPS) is 10.3. The third-order valence-corrected chi connectivity index (χ3v) is 3.75. The second-order valence-electron chi connectivity index (χ2n) is 3.90. The quantitative estimate of drug-likeness (QED) is 0.878. The molecule has 20 heavy (non-hydrogen) atoms. The van der Waals surface area contributed by atoms with Crippen LogP contribution in [0.15, 0.2) is 18.2 Å². The van der Waals surface area contributed by atoms with Crippen molar-refractivity contribution in [2.75, 3.05) is 7.11 Å². The van der Waals surface area contributed by atoms with Crippen LogP contribution in [0.4, 0.5) is 4.39 Å². The predicted molar refractivity (Wildman–Crippen MR) is 71.0 cm³/mol. The number of ether oxygens (including phenoxy) is 1. The van der Waals surface area contributed by atoms with Crippen LogP contribution in [0.3, 0.4) is 0 Å². The van der Waals surface area contributed by atoms with E-state index in [0.29, 0.717) is 5.75 Å². The number of aromatic carboxylic acids is 1. The number of methoxy groups -OCH3 is 1. The minimum absolute atomic E-state index is 0.00252. The second kappa shape index (κ2) is 5.38. The van der Waals surface area contributed by atoms with E-state index in [2.05, 4.69) is 4.98 Å². The van der Waals surface area contributed by atoms with Gasteiger partial charge in [0.15, 0.2) is 11.5 Å². The molecule has 1 N–H and O–H groups in total. The number of carbonyl (C=O) groups excluding carboxylic acids is 1. The first-order valence-corrected chi connectivity index (χ1v) is 6.34. The molecule has 0 aliphatic carbocycles. The Labute approximate surface area is 117 Å². The van der Waals surface area contributed by atoms with Crippen LogP contribution in [-0.4, -0.2) is 29.0 Å². The molecule has 0 radical (unpaired) electrons. The summed E-state index contributed by atoms with van der Waals surface area (Å²) in [5.41, 5.74) is -0.224. The Balaban J connectivity index is 2.56. The zero-order chi connectivity index (χ0) is 14.9. The van der Waals surface area contributed by atoms with E-state index in [-0.39, 0.29) is 21.1 Å². The van der Waals surface area contributed by atoms with Gasteiger partial charge in [0.05, 0.1) is 7.11 Å². The van der Waals surface area contributed by atoms with E-state index in [1.165, 1.54) is 32.2 Å². The van der Waals surface area contributed by atoms with Gasteiger partial charge in [-0.2, -0.15) is 0 Å². The molecule has 2 rings (SSSR count). The third-order valence-electron chi connectivity index (χ3n) is 2.56. The lowest BCUT2D eigenvalue weighted by Gasteiger charge is -2.02. The molecule has 0 saturated carbocycles. The summed E-state index contributed by atoms with van der Waals surface area (Å²) in [5.74, 6) is -1.98. The molecule has 0 spiro atoms. The van der Waals surface area contributed by atoms with Gasteiger partial charge in [-0.3, -0.25) is 4.79 Å². The molecule has 0 amide bonds. The van der Waals surface area contributed by atoms with E-state index < -0.39 is 17.6 Å². The molecule has 0 unspecified atom stereocenters. The molecule has 0 bridgehead atoms. The van der Waals surface area contributed by atoms with Gasteiger partial charge in [0, 0.05) is 18.6 Å². The van der Waals surface area contributed by atoms with Crippen LogP contribution in [0.2, 0.25) is 0 Å². The highest BCUT2D eigenvalue weighted by Gasteiger charge is 2.22. The Morgan fingerprint density at radius 2 is 2.10 bits per heavy atom. The first-order valence-electron chi connectivity index (χ1n) is 5.53. The lowest BCUT2D eigenvalue weighted by molar-refractivity contribution is 0.0687. The first kappa shape index (κ1) is 14.1. The summed E-state index contributed by atoms with van der Waals surface area (Å²) >= 11 is 0.854. The van der Waals surface area contributed by atoms with Crippen molar-refractivity contribution in [3.8, 4) is 16.3 Å². The molecular formula is C13H10FNO4S. The molecule has 1 aromatic heterocycles. The van der Waals surface area contributed by atoms with Gasteiger partial charge in [-0.05, 0) is 12.1 Å². The van der Waals surface area contributed by atoms with Crippen molar-refractivity contribution < 1.29 is 23.8 Å². The fraction of sp³-hybridized carbons (Fsp3) is 0.154. The lowest BCUT2D eigenvalue weighted by Crippen LogP contribution is -2.03. The van der Waals surface area contributed by atoms with Crippen molar-refractivity contribution in [2.45, 2.75) is 6.92 Å². The van der Waals surface area contributed by atoms with E-state index in [4.69, 9.17) is 9.84 Å². The Kier molecular flexibility index (Phi) is 3.80. The molecule has 0 saturated heterocycles. The fourth-order valence-electron chi connectivity index (χ4n) is 1.62. The maximum absolute atomic E-state index is 13.9. The van der Waals surface area contributed by atoms with Crippen LogP contribution in [0.1, 0.15) is 27.1 Å². The Morgan fingerprint density at radius 3 is 2.55 bits per heavy atom. The molecule has 0 fully saturated rings. The number of carboxylic acids is 1. The van der Waals surface area contributed by atoms with Crippen molar-refractivity contribution in [3.63, 3.8) is 0 Å². The molecular weight excluding hydrogens is 285 g/mol. The van der Waals surface area contributed by atoms with Gasteiger partial charge in [-0.1, -0.05) is 0 Å². The zero-order valence-electron chi connectivity index (χ0n) is 10.6. The molecule has 104 valence electrons. The summed E-state index contributed by atoms with van der Waals surface area (Å²) in [6, 6.07) is 4.14. The van der Waals surface area contributed by atoms with Crippen LogP contribution < -0.4 is 4.74 Å². The zero-order valence-corrected chi connectivity index (χ0v) is 11.5. The number of thiazole rings is 1. The van der Waals surface area contributed by atoms with Crippen LogP contribution in [0.5, 0.6) is 5.75 Å². The van der Waals surface area contributed by atoms with Gasteiger partial charge in [0.2, 0.25) is 0 Å². The van der Waals surface area contributed by atoms with Crippen molar-refractivity contribution in [2.24, 2.45) is 0 Å². The highest BCUT2D eigenvalue weighted by atomic mass is 32.1. The maximum Gasteiger partial charge on any atom is 0.356 e. The number of benzene rings is 1. The van der Waals surface area contributed by atoms with Gasteiger partial charge >= 0.3 is 5.97 Å². The van der Waals surface area contributed by atoms with Crippen molar-refractivity contribution in [1.29, 1.82) is 0 Å². The monoisotopic (exact) mass is 295 g/mol. The molecule has 0 aliphatic heterocycles. The van der Waals surface area contributed by atoms with Crippen LogP contribution in [0.25, 0.3) is 10.6 Å². The predicted octanol–water partition coefficient (Wildman–Crippen LogP) is 2.86. The van der Waals surface area contributed by atoms with E-state index in [0.717, 1.165) is 11.3 Å². The van der Waals surface area contributed by atoms with Gasteiger partial charge in [0.1, 0.15) is 21.5 Å². The highest BCUT2D eigenvalue weighted by Crippen LogP contribution is 2.32. The van der Waals surface area contributed by atoms with Crippen molar-refractivity contribution in [3.05, 3.63) is 34.6 Å². The van der Waals surface area contributed by atoms with Gasteiger partial charge in [-0.25, -0.2) is 14.2 Å². The number of carboxylic acid groups (broad SMARTS) is 1. The van der Waals surface area contributed by atoms with E-state index in [9.17, 15) is 14.0 Å². The summed E-state index contributed by atoms with van der Waals surface area (Å²) in [4.78, 5) is 26.3. The molecule has 5 nitrogen and oxygen atoms in total. The number of ketones is 1. The smallest absolute Gasteiger partial charge is 0.356 e. The van der Waals surface area contributed by atoms with Gasteiger partial charge < -0.3 is 9.84 Å². The molecule has 1 aromatic carbocycles. The van der Waals surface area contributed by atoms with Gasteiger partial charge in [-0.15, -0.1) is 11.3 Å². The Morgan fingerprint density at radius 1 is 1.40 bits per heavy atom. The summed E-state index contributed by atoms with van der Waals surface area (Å²) in [5, 5.41) is 9.15. The van der Waals surface area contributed by atoms with Gasteiger partial charge in [0.25, 0.3) is 0 Å². The number of hydrogen-bond acceptors (Lipinski definition) is 5. The summed E-state index contributed by atoms with van der Waals surface area (Å²) in [7, 11) is 1.41. The average molecular weight is 295 g/mol. The summed E-state index contributed by atoms with van der Waals surface area (Å²) < 4.78 is 18.8. The molecule has 7 heteroatoms. The highest BCUT2D eigenvalue weighted by molar-refractivity contribution is 7.17. The van der Waals surface area contributed by atoms with Crippen molar-refractivity contribution in [1.82, 2.24) is 4.98 Å². The van der Waals surface area contributed by atoms with E-state index in [1.54, 1.807) is 0 Å². The SMILES string of the molecule is COc1ccc(-c2nc(C(=O)O)c(C(C)=O)s2)c(F)c1. The van der Waals surface area contributed by atoms with Crippen LogP contribution >= 0.6 is 11.3 Å². The average Bonchev–Trinajstić information content (AvgIpc) is 2.83. The summed E-state index contributed by atoms with van der Waals surface area (Å²) in [6.07, 6.45) is 0. The number of nitrogens with zero attached hydrogens (tertiary/aromatic N) is 1. The Hall–Kier alpha value is -2.28. The number of aromatic nitrogens is 1. The fourth-order valence-corrected chi connectivity index (χ4v) is 2.59. The van der Waals surface area contributed by atoms with Crippen LogP contribution in [-0.2, 0) is 0 Å². The number of hydrogen-bond donors (Lipinski definition) is 1. The summed E-state index contributed by atoms with van der Waals surface area (Å²) in [6.45, 7) is 1.24. The number of Topliss-reactive ketones (excluding diaryl/α,β-unsaturated/α-hetero) is 1.